The number of ether oxygens (including phenoxy) is 1. The predicted molar refractivity (Wildman–Crippen MR) is 103 cm³/mol. The Hall–Kier alpha value is -2.41. The van der Waals surface area contributed by atoms with Crippen molar-refractivity contribution in [2.45, 2.75) is 19.8 Å². The van der Waals surface area contributed by atoms with E-state index in [1.54, 1.807) is 6.20 Å². The normalized spacial score (nSPS) is 18.8. The summed E-state index contributed by atoms with van der Waals surface area (Å²) in [6, 6.07) is 8.26. The van der Waals surface area contributed by atoms with Crippen molar-refractivity contribution in [3.63, 3.8) is 0 Å². The number of benzene rings is 1. The molecule has 2 saturated heterocycles. The number of nitrogens with zero attached hydrogens (tertiary/aromatic N) is 5. The molecule has 1 N–H and O–H groups in total. The molecule has 0 saturated carbocycles. The van der Waals surface area contributed by atoms with E-state index in [1.165, 1.54) is 12.8 Å². The van der Waals surface area contributed by atoms with Crippen molar-refractivity contribution in [1.29, 1.82) is 0 Å². The van der Waals surface area contributed by atoms with Crippen LogP contribution in [0.5, 0.6) is 0 Å². The molecule has 138 valence electrons. The number of aromatic nitrogens is 3. The van der Waals surface area contributed by atoms with E-state index in [4.69, 9.17) is 9.72 Å². The summed E-state index contributed by atoms with van der Waals surface area (Å²) in [5.74, 6) is 2.24. The van der Waals surface area contributed by atoms with Crippen LogP contribution in [0.2, 0.25) is 0 Å². The van der Waals surface area contributed by atoms with Crippen LogP contribution in [0.1, 0.15) is 19.8 Å². The highest BCUT2D eigenvalue weighted by Gasteiger charge is 2.19. The second-order valence-corrected chi connectivity index (χ2v) is 7.05. The van der Waals surface area contributed by atoms with Gasteiger partial charge in [-0.05, 0) is 30.9 Å². The van der Waals surface area contributed by atoms with Gasteiger partial charge in [0.05, 0.1) is 30.8 Å². The number of rotatable bonds is 4. The van der Waals surface area contributed by atoms with Crippen molar-refractivity contribution in [2.24, 2.45) is 5.92 Å². The van der Waals surface area contributed by atoms with Crippen LogP contribution in [0.15, 0.2) is 30.5 Å². The zero-order valence-electron chi connectivity index (χ0n) is 15.3. The highest BCUT2D eigenvalue weighted by molar-refractivity contribution is 5.73. The molecule has 1 aromatic carbocycles. The fourth-order valence-corrected chi connectivity index (χ4v) is 3.52. The molecule has 7 heteroatoms. The molecule has 0 aliphatic carbocycles. The minimum Gasteiger partial charge on any atom is -0.378 e. The highest BCUT2D eigenvalue weighted by atomic mass is 16.5. The van der Waals surface area contributed by atoms with Gasteiger partial charge in [-0.3, -0.25) is 0 Å². The Balaban J connectivity index is 1.52. The molecular formula is C19H26N6O. The third-order valence-electron chi connectivity index (χ3n) is 5.16. The topological polar surface area (TPSA) is 66.4 Å². The van der Waals surface area contributed by atoms with E-state index in [9.17, 15) is 0 Å². The van der Waals surface area contributed by atoms with Crippen molar-refractivity contribution in [1.82, 2.24) is 15.2 Å². The molecule has 3 heterocycles. The molecule has 1 aromatic heterocycles. The zero-order chi connectivity index (χ0) is 17.8. The predicted octanol–water partition coefficient (Wildman–Crippen LogP) is 2.69. The molecule has 0 radical (unpaired) electrons. The molecule has 7 nitrogen and oxygen atoms in total. The minimum atomic E-state index is 0.543. The molecule has 0 atom stereocenters. The summed E-state index contributed by atoms with van der Waals surface area (Å²) >= 11 is 0. The van der Waals surface area contributed by atoms with E-state index in [1.807, 2.05) is 6.07 Å². The quantitative estimate of drug-likeness (QED) is 0.905. The lowest BCUT2D eigenvalue weighted by Gasteiger charge is -2.31. The van der Waals surface area contributed by atoms with Crippen LogP contribution in [0.3, 0.4) is 0 Å². The smallest absolute Gasteiger partial charge is 0.249 e. The first-order valence-corrected chi connectivity index (χ1v) is 9.43. The van der Waals surface area contributed by atoms with E-state index in [0.717, 1.165) is 62.5 Å². The second-order valence-electron chi connectivity index (χ2n) is 7.05. The number of piperidine rings is 1. The van der Waals surface area contributed by atoms with Gasteiger partial charge in [-0.2, -0.15) is 10.1 Å². The minimum absolute atomic E-state index is 0.543. The van der Waals surface area contributed by atoms with Gasteiger partial charge in [0, 0.05) is 26.2 Å². The number of anilines is 4. The van der Waals surface area contributed by atoms with E-state index < -0.39 is 0 Å². The van der Waals surface area contributed by atoms with Crippen molar-refractivity contribution in [3.05, 3.63) is 30.5 Å². The van der Waals surface area contributed by atoms with E-state index in [0.29, 0.717) is 5.95 Å². The van der Waals surface area contributed by atoms with E-state index >= 15 is 0 Å². The van der Waals surface area contributed by atoms with E-state index in [2.05, 4.69) is 50.4 Å². The van der Waals surface area contributed by atoms with Gasteiger partial charge in [0.15, 0.2) is 5.82 Å². The van der Waals surface area contributed by atoms with Crippen LogP contribution in [0.4, 0.5) is 23.1 Å². The van der Waals surface area contributed by atoms with Crippen molar-refractivity contribution in [2.75, 3.05) is 54.5 Å². The van der Waals surface area contributed by atoms with Gasteiger partial charge in [-0.25, -0.2) is 0 Å². The summed E-state index contributed by atoms with van der Waals surface area (Å²) in [6.07, 6.45) is 4.16. The van der Waals surface area contributed by atoms with Crippen LogP contribution in [0, 0.1) is 5.92 Å². The molecule has 26 heavy (non-hydrogen) atoms. The Morgan fingerprint density at radius 2 is 1.81 bits per heavy atom. The Morgan fingerprint density at radius 3 is 2.62 bits per heavy atom. The summed E-state index contributed by atoms with van der Waals surface area (Å²) in [7, 11) is 0. The van der Waals surface area contributed by atoms with Crippen molar-refractivity contribution >= 4 is 23.1 Å². The summed E-state index contributed by atoms with van der Waals surface area (Å²) in [6.45, 7) is 7.68. The van der Waals surface area contributed by atoms with Gasteiger partial charge in [0.25, 0.3) is 0 Å². The Morgan fingerprint density at radius 1 is 1.04 bits per heavy atom. The van der Waals surface area contributed by atoms with Crippen LogP contribution < -0.4 is 15.1 Å². The average Bonchev–Trinajstić information content (AvgIpc) is 2.70. The fourth-order valence-electron chi connectivity index (χ4n) is 3.52. The maximum Gasteiger partial charge on any atom is 0.249 e. The van der Waals surface area contributed by atoms with Crippen LogP contribution >= 0.6 is 0 Å². The number of nitrogens with one attached hydrogen (secondary N) is 1. The number of hydrogen-bond donors (Lipinski definition) is 1. The van der Waals surface area contributed by atoms with Crippen LogP contribution in [0.25, 0.3) is 0 Å². The maximum absolute atomic E-state index is 5.47. The zero-order valence-corrected chi connectivity index (χ0v) is 15.3. The monoisotopic (exact) mass is 354 g/mol. The Labute approximate surface area is 154 Å². The standard InChI is InChI=1S/C19H26N6O/c1-15-6-8-25(9-7-15)18-14-20-23-19(22-18)21-16-4-2-3-5-17(16)24-10-12-26-13-11-24/h2-5,14-15H,6-13H2,1H3,(H,21,22,23). The van der Waals surface area contributed by atoms with Gasteiger partial charge in [-0.1, -0.05) is 19.1 Å². The Kier molecular flexibility index (Phi) is 5.15. The molecule has 2 aliphatic rings. The van der Waals surface area contributed by atoms with E-state index in [-0.39, 0.29) is 0 Å². The Bertz CT molecular complexity index is 725. The van der Waals surface area contributed by atoms with Gasteiger partial charge in [-0.15, -0.1) is 5.10 Å². The first-order chi connectivity index (χ1) is 12.8. The highest BCUT2D eigenvalue weighted by Crippen LogP contribution is 2.29. The summed E-state index contributed by atoms with van der Waals surface area (Å²) < 4.78 is 5.47. The van der Waals surface area contributed by atoms with Crippen LogP contribution in [-0.2, 0) is 4.74 Å². The van der Waals surface area contributed by atoms with Crippen LogP contribution in [-0.4, -0.2) is 54.6 Å². The van der Waals surface area contributed by atoms with Gasteiger partial charge in [0.1, 0.15) is 0 Å². The third-order valence-corrected chi connectivity index (χ3v) is 5.16. The average molecular weight is 354 g/mol. The number of hydrogen-bond acceptors (Lipinski definition) is 7. The lowest BCUT2D eigenvalue weighted by Crippen LogP contribution is -2.36. The first kappa shape index (κ1) is 17.0. The molecule has 2 aromatic rings. The molecular weight excluding hydrogens is 328 g/mol. The lowest BCUT2D eigenvalue weighted by atomic mass is 9.99. The summed E-state index contributed by atoms with van der Waals surface area (Å²) in [5.41, 5.74) is 2.15. The number of para-hydroxylation sites is 2. The molecule has 4 rings (SSSR count). The number of morpholine rings is 1. The second kappa shape index (κ2) is 7.86. The third kappa shape index (κ3) is 3.88. The van der Waals surface area contributed by atoms with Crippen molar-refractivity contribution in [3.8, 4) is 0 Å². The van der Waals surface area contributed by atoms with Gasteiger partial charge < -0.3 is 19.9 Å². The van der Waals surface area contributed by atoms with Gasteiger partial charge in [0.2, 0.25) is 5.95 Å². The summed E-state index contributed by atoms with van der Waals surface area (Å²) in [5, 5.41) is 11.7. The molecule has 0 amide bonds. The SMILES string of the molecule is CC1CCN(c2cnnc(Nc3ccccc3N3CCOCC3)n2)CC1. The molecule has 2 aliphatic heterocycles. The summed E-state index contributed by atoms with van der Waals surface area (Å²) in [4.78, 5) is 9.33. The van der Waals surface area contributed by atoms with Gasteiger partial charge >= 0.3 is 0 Å². The molecule has 0 spiro atoms. The fraction of sp³-hybridized carbons (Fsp3) is 0.526. The maximum atomic E-state index is 5.47. The molecule has 0 bridgehead atoms. The lowest BCUT2D eigenvalue weighted by molar-refractivity contribution is 0.123. The first-order valence-electron chi connectivity index (χ1n) is 9.43. The molecule has 2 fully saturated rings. The van der Waals surface area contributed by atoms with Crippen molar-refractivity contribution < 1.29 is 4.74 Å². The molecule has 0 unspecified atom stereocenters. The largest absolute Gasteiger partial charge is 0.378 e.